The van der Waals surface area contributed by atoms with E-state index in [1.165, 1.54) is 6.92 Å². The molecule has 6 heteroatoms. The van der Waals surface area contributed by atoms with Crippen molar-refractivity contribution in [1.82, 2.24) is 0 Å². The zero-order valence-electron chi connectivity index (χ0n) is 16.6. The van der Waals surface area contributed by atoms with Crippen LogP contribution in [-0.4, -0.2) is 23.5 Å². The minimum atomic E-state index is -0.461. The molecule has 2 aromatic rings. The lowest BCUT2D eigenvalue weighted by atomic mass is 9.89. The molecular weight excluding hydrogens is 372 g/mol. The highest BCUT2D eigenvalue weighted by molar-refractivity contribution is 6.03. The SMILES string of the molecule is CC(=O)Oc1ccc(C2CC(=O)c3c(cc(C)c(C4CCCCO4)c3O)O2)cc1. The highest BCUT2D eigenvalue weighted by Crippen LogP contribution is 2.46. The Hall–Kier alpha value is -2.86. The molecule has 0 spiro atoms. The van der Waals surface area contributed by atoms with E-state index in [9.17, 15) is 14.7 Å². The van der Waals surface area contributed by atoms with Gasteiger partial charge in [0.25, 0.3) is 0 Å². The van der Waals surface area contributed by atoms with Crippen molar-refractivity contribution in [2.24, 2.45) is 0 Å². The number of hydrogen-bond donors (Lipinski definition) is 1. The first-order valence-electron chi connectivity index (χ1n) is 9.90. The van der Waals surface area contributed by atoms with E-state index in [1.807, 2.05) is 13.0 Å². The van der Waals surface area contributed by atoms with Gasteiger partial charge in [0.2, 0.25) is 0 Å². The summed E-state index contributed by atoms with van der Waals surface area (Å²) in [5.74, 6) is 0.272. The third-order valence-corrected chi connectivity index (χ3v) is 5.44. The number of fused-ring (bicyclic) bond motifs is 1. The maximum absolute atomic E-state index is 12.9. The van der Waals surface area contributed by atoms with Crippen molar-refractivity contribution in [2.75, 3.05) is 6.61 Å². The number of hydrogen-bond acceptors (Lipinski definition) is 6. The minimum Gasteiger partial charge on any atom is -0.507 e. The van der Waals surface area contributed by atoms with Crippen molar-refractivity contribution in [3.05, 3.63) is 52.6 Å². The number of ketones is 1. The average molecular weight is 396 g/mol. The third-order valence-electron chi connectivity index (χ3n) is 5.44. The van der Waals surface area contributed by atoms with Crippen molar-refractivity contribution < 1.29 is 28.9 Å². The highest BCUT2D eigenvalue weighted by Gasteiger charge is 2.34. The van der Waals surface area contributed by atoms with Gasteiger partial charge in [0.1, 0.15) is 28.9 Å². The predicted octanol–water partition coefficient (Wildman–Crippen LogP) is 4.57. The maximum Gasteiger partial charge on any atom is 0.308 e. The van der Waals surface area contributed by atoms with Crippen LogP contribution in [0.5, 0.6) is 17.2 Å². The number of aromatic hydroxyl groups is 1. The smallest absolute Gasteiger partial charge is 0.308 e. The van der Waals surface area contributed by atoms with E-state index < -0.39 is 6.10 Å². The van der Waals surface area contributed by atoms with Crippen LogP contribution < -0.4 is 9.47 Å². The lowest BCUT2D eigenvalue weighted by Gasteiger charge is -2.30. The zero-order chi connectivity index (χ0) is 20.5. The topological polar surface area (TPSA) is 82.1 Å². The molecule has 2 heterocycles. The van der Waals surface area contributed by atoms with Crippen molar-refractivity contribution in [3.8, 4) is 17.2 Å². The van der Waals surface area contributed by atoms with Crippen molar-refractivity contribution in [1.29, 1.82) is 0 Å². The predicted molar refractivity (Wildman–Crippen MR) is 105 cm³/mol. The van der Waals surface area contributed by atoms with Crippen LogP contribution in [-0.2, 0) is 9.53 Å². The van der Waals surface area contributed by atoms with Gasteiger partial charge in [-0.15, -0.1) is 0 Å². The number of esters is 1. The first-order valence-corrected chi connectivity index (χ1v) is 9.90. The monoisotopic (exact) mass is 396 g/mol. The van der Waals surface area contributed by atoms with Crippen LogP contribution in [0.4, 0.5) is 0 Å². The van der Waals surface area contributed by atoms with E-state index in [-0.39, 0.29) is 35.6 Å². The van der Waals surface area contributed by atoms with Crippen LogP contribution >= 0.6 is 0 Å². The lowest BCUT2D eigenvalue weighted by Crippen LogP contribution is -2.22. The van der Waals surface area contributed by atoms with E-state index in [0.717, 1.165) is 30.4 Å². The van der Waals surface area contributed by atoms with Crippen LogP contribution in [0.15, 0.2) is 30.3 Å². The van der Waals surface area contributed by atoms with Gasteiger partial charge >= 0.3 is 5.97 Å². The molecular formula is C23H24O6. The van der Waals surface area contributed by atoms with Crippen molar-refractivity contribution >= 4 is 11.8 Å². The second-order valence-corrected chi connectivity index (χ2v) is 7.58. The molecule has 0 amide bonds. The number of phenolic OH excluding ortho intramolecular Hbond substituents is 1. The van der Waals surface area contributed by atoms with Crippen LogP contribution in [0.2, 0.25) is 0 Å². The van der Waals surface area contributed by atoms with Crippen LogP contribution in [0.25, 0.3) is 0 Å². The van der Waals surface area contributed by atoms with Crippen LogP contribution in [0, 0.1) is 6.92 Å². The van der Waals surface area contributed by atoms with Crippen LogP contribution in [0.1, 0.15) is 71.9 Å². The number of ether oxygens (including phenoxy) is 3. The van der Waals surface area contributed by atoms with Gasteiger partial charge in [-0.3, -0.25) is 9.59 Å². The number of carbonyl (C=O) groups excluding carboxylic acids is 2. The molecule has 0 aliphatic carbocycles. The summed E-state index contributed by atoms with van der Waals surface area (Å²) in [7, 11) is 0. The molecule has 1 fully saturated rings. The average Bonchev–Trinajstić information content (AvgIpc) is 2.68. The molecule has 29 heavy (non-hydrogen) atoms. The molecule has 152 valence electrons. The maximum atomic E-state index is 12.9. The molecule has 0 aromatic heterocycles. The summed E-state index contributed by atoms with van der Waals surface area (Å²) >= 11 is 0. The second kappa shape index (κ2) is 7.87. The quantitative estimate of drug-likeness (QED) is 0.604. The summed E-state index contributed by atoms with van der Waals surface area (Å²) in [5, 5.41) is 10.9. The summed E-state index contributed by atoms with van der Waals surface area (Å²) in [6, 6.07) is 8.72. The number of aryl methyl sites for hydroxylation is 1. The molecule has 0 radical (unpaired) electrons. The molecule has 2 aliphatic heterocycles. The Bertz CT molecular complexity index is 941. The van der Waals surface area contributed by atoms with E-state index in [1.54, 1.807) is 24.3 Å². The molecule has 2 aliphatic rings. The minimum absolute atomic E-state index is 0.0134. The standard InChI is InChI=1S/C23H24O6/c1-13-11-20-22(23(26)21(13)18-5-3-4-10-27-18)17(25)12-19(29-20)15-6-8-16(9-7-15)28-14(2)24/h6-9,11,18-19,26H,3-5,10,12H2,1-2H3. The Morgan fingerprint density at radius 2 is 1.93 bits per heavy atom. The van der Waals surface area contributed by atoms with E-state index in [0.29, 0.717) is 23.7 Å². The number of carbonyl (C=O) groups is 2. The molecule has 0 bridgehead atoms. The summed E-state index contributed by atoms with van der Waals surface area (Å²) < 4.78 is 17.0. The molecule has 4 rings (SSSR count). The summed E-state index contributed by atoms with van der Waals surface area (Å²) in [5.41, 5.74) is 2.60. The van der Waals surface area contributed by atoms with Crippen molar-refractivity contribution in [2.45, 2.75) is 51.7 Å². The second-order valence-electron chi connectivity index (χ2n) is 7.58. The Labute approximate surface area is 169 Å². The van der Waals surface area contributed by atoms with E-state index >= 15 is 0 Å². The van der Waals surface area contributed by atoms with E-state index in [2.05, 4.69) is 0 Å². The van der Waals surface area contributed by atoms with Gasteiger partial charge in [0, 0.05) is 19.1 Å². The molecule has 1 N–H and O–H groups in total. The van der Waals surface area contributed by atoms with Gasteiger partial charge in [-0.1, -0.05) is 12.1 Å². The summed E-state index contributed by atoms with van der Waals surface area (Å²) in [4.78, 5) is 24.0. The number of rotatable bonds is 3. The third kappa shape index (κ3) is 3.85. The summed E-state index contributed by atoms with van der Waals surface area (Å²) in [6.45, 7) is 3.91. The first kappa shape index (κ1) is 19.5. The molecule has 6 nitrogen and oxygen atoms in total. The van der Waals surface area contributed by atoms with E-state index in [4.69, 9.17) is 14.2 Å². The molecule has 0 saturated carbocycles. The van der Waals surface area contributed by atoms with Gasteiger partial charge in [-0.05, 0) is 55.5 Å². The Balaban J connectivity index is 1.62. The van der Waals surface area contributed by atoms with Gasteiger partial charge in [-0.2, -0.15) is 0 Å². The fourth-order valence-electron chi connectivity index (χ4n) is 4.09. The lowest BCUT2D eigenvalue weighted by molar-refractivity contribution is -0.131. The van der Waals surface area contributed by atoms with Crippen molar-refractivity contribution in [3.63, 3.8) is 0 Å². The number of phenols is 1. The molecule has 2 unspecified atom stereocenters. The molecule has 2 atom stereocenters. The Morgan fingerprint density at radius 3 is 2.59 bits per heavy atom. The van der Waals surface area contributed by atoms with Gasteiger partial charge in [0.05, 0.1) is 12.5 Å². The zero-order valence-corrected chi connectivity index (χ0v) is 16.6. The van der Waals surface area contributed by atoms with Gasteiger partial charge < -0.3 is 19.3 Å². The van der Waals surface area contributed by atoms with Gasteiger partial charge in [0.15, 0.2) is 5.78 Å². The molecule has 2 aromatic carbocycles. The Kier molecular flexibility index (Phi) is 5.28. The Morgan fingerprint density at radius 1 is 1.17 bits per heavy atom. The number of Topliss-reactive ketones (excluding diaryl/α,β-unsaturated/α-hetero) is 1. The first-order chi connectivity index (χ1) is 13.9. The normalized spacial score (nSPS) is 21.2. The fourth-order valence-corrected chi connectivity index (χ4v) is 4.09. The summed E-state index contributed by atoms with van der Waals surface area (Å²) in [6.07, 6.45) is 2.36. The van der Waals surface area contributed by atoms with Gasteiger partial charge in [-0.25, -0.2) is 0 Å². The van der Waals surface area contributed by atoms with Crippen LogP contribution in [0.3, 0.4) is 0 Å². The highest BCUT2D eigenvalue weighted by atomic mass is 16.5. The fraction of sp³-hybridized carbons (Fsp3) is 0.391. The number of benzene rings is 2. The largest absolute Gasteiger partial charge is 0.507 e. The molecule has 1 saturated heterocycles.